The summed E-state index contributed by atoms with van der Waals surface area (Å²) >= 11 is 0. The molecule has 1 fully saturated rings. The Bertz CT molecular complexity index is 616. The third-order valence-corrected chi connectivity index (χ3v) is 5.18. The molecule has 0 saturated carbocycles. The van der Waals surface area contributed by atoms with Gasteiger partial charge in [0.2, 0.25) is 11.8 Å². The molecule has 7 heteroatoms. The number of nitrogens with zero attached hydrogens (tertiary/aromatic N) is 1. The number of likely N-dealkylation sites (tertiary alicyclic amines) is 1. The van der Waals surface area contributed by atoms with Crippen LogP contribution in [0.3, 0.4) is 0 Å². The van der Waals surface area contributed by atoms with Gasteiger partial charge in [-0.3, -0.25) is 9.59 Å². The number of primary amides is 1. The highest BCUT2D eigenvalue weighted by molar-refractivity contribution is 5.81. The van der Waals surface area contributed by atoms with E-state index in [1.54, 1.807) is 25.3 Å². The first-order valence-corrected chi connectivity index (χ1v) is 8.98. The summed E-state index contributed by atoms with van der Waals surface area (Å²) in [5.41, 5.74) is 5.52. The summed E-state index contributed by atoms with van der Waals surface area (Å²) in [5.74, 6) is -0.816. The van der Waals surface area contributed by atoms with Crippen LogP contribution < -0.4 is 11.1 Å². The smallest absolute Gasteiger partial charge is 0.224 e. The Morgan fingerprint density at radius 2 is 2.00 bits per heavy atom. The number of nitrogens with two attached hydrogens (primary N) is 1. The standard InChI is InChI=1S/C19H28FN3O3/c1-26-13-8-19(18(21)25)6-10-23(11-7-19)12-9-22-17(24)14-15-4-2-3-5-16(15)20/h2-5H,6-14H2,1H3,(H2,21,25)(H,22,24). The van der Waals surface area contributed by atoms with Crippen LogP contribution in [0.5, 0.6) is 0 Å². The number of amides is 2. The normalized spacial score (nSPS) is 17.0. The first-order chi connectivity index (χ1) is 12.5. The van der Waals surface area contributed by atoms with Crippen LogP contribution in [0, 0.1) is 11.2 Å². The third-order valence-electron chi connectivity index (χ3n) is 5.18. The molecule has 1 aromatic rings. The van der Waals surface area contributed by atoms with Crippen molar-refractivity contribution in [1.82, 2.24) is 10.2 Å². The highest BCUT2D eigenvalue weighted by Gasteiger charge is 2.39. The molecular weight excluding hydrogens is 337 g/mol. The van der Waals surface area contributed by atoms with Gasteiger partial charge in [0.05, 0.1) is 11.8 Å². The Kier molecular flexibility index (Phi) is 7.53. The number of hydrogen-bond acceptors (Lipinski definition) is 4. The molecule has 2 rings (SSSR count). The Balaban J connectivity index is 1.72. The maximum absolute atomic E-state index is 13.6. The number of halogens is 1. The number of benzene rings is 1. The van der Waals surface area contributed by atoms with Crippen LogP contribution >= 0.6 is 0 Å². The van der Waals surface area contributed by atoms with E-state index in [4.69, 9.17) is 10.5 Å². The number of methoxy groups -OCH3 is 1. The lowest BCUT2D eigenvalue weighted by molar-refractivity contribution is -0.131. The zero-order chi connectivity index (χ0) is 19.0. The molecule has 0 bridgehead atoms. The fourth-order valence-corrected chi connectivity index (χ4v) is 3.35. The van der Waals surface area contributed by atoms with Crippen molar-refractivity contribution in [2.45, 2.75) is 25.7 Å². The van der Waals surface area contributed by atoms with Gasteiger partial charge in [-0.15, -0.1) is 0 Å². The third kappa shape index (κ3) is 5.51. The van der Waals surface area contributed by atoms with Gasteiger partial charge in [-0.25, -0.2) is 4.39 Å². The Labute approximate surface area is 153 Å². The number of carbonyl (C=O) groups excluding carboxylic acids is 2. The van der Waals surface area contributed by atoms with E-state index in [1.807, 2.05) is 0 Å². The minimum absolute atomic E-state index is 0.0362. The molecule has 1 aromatic carbocycles. The van der Waals surface area contributed by atoms with Crippen molar-refractivity contribution in [1.29, 1.82) is 0 Å². The molecule has 144 valence electrons. The van der Waals surface area contributed by atoms with Gasteiger partial charge in [0.1, 0.15) is 5.82 Å². The molecule has 2 amide bonds. The van der Waals surface area contributed by atoms with Gasteiger partial charge in [0.15, 0.2) is 0 Å². The van der Waals surface area contributed by atoms with Crippen molar-refractivity contribution in [2.75, 3.05) is 39.9 Å². The summed E-state index contributed by atoms with van der Waals surface area (Å²) in [6, 6.07) is 6.29. The lowest BCUT2D eigenvalue weighted by Gasteiger charge is -2.39. The summed E-state index contributed by atoms with van der Waals surface area (Å²) in [6.45, 7) is 3.23. The lowest BCUT2D eigenvalue weighted by atomic mass is 9.75. The van der Waals surface area contributed by atoms with Crippen molar-refractivity contribution in [3.05, 3.63) is 35.6 Å². The summed E-state index contributed by atoms with van der Waals surface area (Å²) in [4.78, 5) is 26.0. The molecule has 26 heavy (non-hydrogen) atoms. The molecule has 0 aliphatic carbocycles. The molecular formula is C19H28FN3O3. The SMILES string of the molecule is COCCC1(C(N)=O)CCN(CCNC(=O)Cc2ccccc2F)CC1. The molecule has 0 unspecified atom stereocenters. The Hall–Kier alpha value is -1.99. The molecule has 1 aliphatic rings. The zero-order valence-corrected chi connectivity index (χ0v) is 15.3. The average Bonchev–Trinajstić information content (AvgIpc) is 2.63. The summed E-state index contributed by atoms with van der Waals surface area (Å²) < 4.78 is 18.7. The highest BCUT2D eigenvalue weighted by atomic mass is 19.1. The van der Waals surface area contributed by atoms with Gasteiger partial charge in [0, 0.05) is 26.8 Å². The maximum Gasteiger partial charge on any atom is 0.224 e. The number of piperidine rings is 1. The summed E-state index contributed by atoms with van der Waals surface area (Å²) in [5, 5.41) is 2.82. The van der Waals surface area contributed by atoms with Gasteiger partial charge in [-0.2, -0.15) is 0 Å². The Morgan fingerprint density at radius 1 is 1.31 bits per heavy atom. The minimum atomic E-state index is -0.486. The van der Waals surface area contributed by atoms with Gasteiger partial charge >= 0.3 is 0 Å². The first-order valence-electron chi connectivity index (χ1n) is 8.98. The quantitative estimate of drug-likeness (QED) is 0.686. The molecule has 1 aliphatic heterocycles. The van der Waals surface area contributed by atoms with Crippen molar-refractivity contribution in [3.63, 3.8) is 0 Å². The average molecular weight is 365 g/mol. The van der Waals surface area contributed by atoms with E-state index >= 15 is 0 Å². The minimum Gasteiger partial charge on any atom is -0.385 e. The second kappa shape index (κ2) is 9.64. The second-order valence-corrected chi connectivity index (χ2v) is 6.85. The number of rotatable bonds is 9. The fraction of sp³-hybridized carbons (Fsp3) is 0.579. The van der Waals surface area contributed by atoms with E-state index < -0.39 is 5.41 Å². The van der Waals surface area contributed by atoms with Crippen LogP contribution in [0.4, 0.5) is 4.39 Å². The lowest BCUT2D eigenvalue weighted by Crippen LogP contribution is -2.49. The second-order valence-electron chi connectivity index (χ2n) is 6.85. The number of nitrogens with one attached hydrogen (secondary N) is 1. The molecule has 0 atom stereocenters. The molecule has 6 nitrogen and oxygen atoms in total. The van der Waals surface area contributed by atoms with Crippen molar-refractivity contribution in [3.8, 4) is 0 Å². The van der Waals surface area contributed by atoms with Crippen LogP contribution in [0.25, 0.3) is 0 Å². The predicted octanol–water partition coefficient (Wildman–Crippen LogP) is 1.09. The largest absolute Gasteiger partial charge is 0.385 e. The summed E-state index contributed by atoms with van der Waals surface area (Å²) in [7, 11) is 1.62. The Morgan fingerprint density at radius 3 is 2.62 bits per heavy atom. The van der Waals surface area contributed by atoms with Gasteiger partial charge < -0.3 is 20.7 Å². The number of ether oxygens (including phenoxy) is 1. The summed E-state index contributed by atoms with van der Waals surface area (Å²) in [6.07, 6.45) is 2.09. The van der Waals surface area contributed by atoms with Crippen molar-refractivity contribution < 1.29 is 18.7 Å². The maximum atomic E-state index is 13.6. The van der Waals surface area contributed by atoms with Gasteiger partial charge in [-0.05, 0) is 44.0 Å². The van der Waals surface area contributed by atoms with Crippen LogP contribution in [0.2, 0.25) is 0 Å². The number of carbonyl (C=O) groups is 2. The van der Waals surface area contributed by atoms with Gasteiger partial charge in [0.25, 0.3) is 0 Å². The van der Waals surface area contributed by atoms with Crippen LogP contribution in [0.15, 0.2) is 24.3 Å². The molecule has 0 spiro atoms. The topological polar surface area (TPSA) is 84.7 Å². The van der Waals surface area contributed by atoms with Gasteiger partial charge in [-0.1, -0.05) is 18.2 Å². The van der Waals surface area contributed by atoms with Crippen LogP contribution in [-0.2, 0) is 20.7 Å². The zero-order valence-electron chi connectivity index (χ0n) is 15.3. The van der Waals surface area contributed by atoms with Crippen LogP contribution in [-0.4, -0.2) is 56.6 Å². The van der Waals surface area contributed by atoms with E-state index in [0.717, 1.165) is 13.1 Å². The molecule has 0 aromatic heterocycles. The highest BCUT2D eigenvalue weighted by Crippen LogP contribution is 2.34. The monoisotopic (exact) mass is 365 g/mol. The van der Waals surface area contributed by atoms with E-state index in [2.05, 4.69) is 10.2 Å². The molecule has 0 radical (unpaired) electrons. The van der Waals surface area contributed by atoms with E-state index in [9.17, 15) is 14.0 Å². The van der Waals surface area contributed by atoms with E-state index in [0.29, 0.717) is 44.5 Å². The molecule has 1 saturated heterocycles. The molecule has 1 heterocycles. The van der Waals surface area contributed by atoms with Crippen molar-refractivity contribution in [2.24, 2.45) is 11.1 Å². The van der Waals surface area contributed by atoms with E-state index in [-0.39, 0.29) is 24.1 Å². The van der Waals surface area contributed by atoms with Crippen molar-refractivity contribution >= 4 is 11.8 Å². The molecule has 3 N–H and O–H groups in total. The number of hydrogen-bond donors (Lipinski definition) is 2. The van der Waals surface area contributed by atoms with E-state index in [1.165, 1.54) is 6.07 Å². The fourth-order valence-electron chi connectivity index (χ4n) is 3.35. The predicted molar refractivity (Wildman–Crippen MR) is 96.9 cm³/mol. The van der Waals surface area contributed by atoms with Crippen LogP contribution in [0.1, 0.15) is 24.8 Å². The first kappa shape index (κ1) is 20.3.